The van der Waals surface area contributed by atoms with Crippen molar-refractivity contribution < 1.29 is 14.3 Å². The van der Waals surface area contributed by atoms with Crippen LogP contribution in [0.5, 0.6) is 0 Å². The number of aromatic nitrogens is 4. The van der Waals surface area contributed by atoms with E-state index < -0.39 is 17.7 Å². The van der Waals surface area contributed by atoms with Gasteiger partial charge in [0.1, 0.15) is 5.60 Å². The van der Waals surface area contributed by atoms with Gasteiger partial charge in [0.2, 0.25) is 0 Å². The average Bonchev–Trinajstić information content (AvgIpc) is 3.17. The summed E-state index contributed by atoms with van der Waals surface area (Å²) in [6.45, 7) is 7.08. The lowest BCUT2D eigenvalue weighted by Crippen LogP contribution is -2.28. The van der Waals surface area contributed by atoms with Crippen molar-refractivity contribution in [3.63, 3.8) is 0 Å². The number of fused-ring (bicyclic) bond motifs is 1. The van der Waals surface area contributed by atoms with Gasteiger partial charge in [-0.25, -0.2) is 19.6 Å². The van der Waals surface area contributed by atoms with E-state index in [1.54, 1.807) is 39.1 Å². The number of imidazole rings is 1. The van der Waals surface area contributed by atoms with Crippen LogP contribution in [-0.2, 0) is 4.74 Å². The molecule has 0 fully saturated rings. The molecule has 0 aliphatic heterocycles. The first-order valence-corrected chi connectivity index (χ1v) is 9.33. The van der Waals surface area contributed by atoms with Crippen LogP contribution in [0.25, 0.3) is 11.2 Å². The molecule has 10 nitrogen and oxygen atoms in total. The highest BCUT2D eigenvalue weighted by molar-refractivity contribution is 7.13. The van der Waals surface area contributed by atoms with Gasteiger partial charge < -0.3 is 15.0 Å². The van der Waals surface area contributed by atoms with E-state index in [1.165, 1.54) is 17.5 Å². The fraction of sp³-hybridized carbons (Fsp3) is 0.353. The quantitative estimate of drug-likeness (QED) is 0.526. The van der Waals surface area contributed by atoms with Crippen molar-refractivity contribution in [3.8, 4) is 0 Å². The number of rotatable bonds is 4. The Labute approximate surface area is 163 Å². The summed E-state index contributed by atoms with van der Waals surface area (Å²) in [5.74, 6) is -0.362. The van der Waals surface area contributed by atoms with Gasteiger partial charge in [0.05, 0.1) is 22.8 Å². The third-order valence-corrected chi connectivity index (χ3v) is 4.33. The second-order valence-corrected chi connectivity index (χ2v) is 7.96. The summed E-state index contributed by atoms with van der Waals surface area (Å²) < 4.78 is 5.18. The molecule has 4 N–H and O–H groups in total. The molecule has 0 aliphatic carbocycles. The number of thiazole rings is 1. The zero-order chi connectivity index (χ0) is 20.5. The van der Waals surface area contributed by atoms with Crippen LogP contribution in [0, 0.1) is 0 Å². The standard InChI is InChI=1S/C17H20N6O4S/c1-8(11-7-28-15(21-11)23-16(26)27-17(2,3)4)19-13(24)9-5-10-12(18-6-9)22-14(25)20-10/h5-8H,1-4H3,(H,19,24)(H,21,23,26)(H2,18,20,22,25). The van der Waals surface area contributed by atoms with Gasteiger partial charge in [-0.2, -0.15) is 0 Å². The van der Waals surface area contributed by atoms with E-state index in [2.05, 4.69) is 30.6 Å². The van der Waals surface area contributed by atoms with E-state index in [4.69, 9.17) is 4.74 Å². The molecule has 0 spiro atoms. The Hall–Kier alpha value is -3.21. The van der Waals surface area contributed by atoms with Crippen molar-refractivity contribution >= 4 is 39.6 Å². The monoisotopic (exact) mass is 404 g/mol. The highest BCUT2D eigenvalue weighted by Gasteiger charge is 2.19. The Balaban J connectivity index is 1.64. The number of amides is 2. The lowest BCUT2D eigenvalue weighted by atomic mass is 10.2. The number of nitrogens with one attached hydrogen (secondary N) is 4. The normalized spacial score (nSPS) is 12.6. The predicted octanol–water partition coefficient (Wildman–Crippen LogP) is 2.55. The minimum atomic E-state index is -0.607. The molecule has 0 saturated carbocycles. The van der Waals surface area contributed by atoms with Crippen LogP contribution in [0.1, 0.15) is 49.8 Å². The number of anilines is 1. The van der Waals surface area contributed by atoms with Crippen LogP contribution >= 0.6 is 11.3 Å². The van der Waals surface area contributed by atoms with E-state index >= 15 is 0 Å². The molecular weight excluding hydrogens is 384 g/mol. The number of ether oxygens (including phenoxy) is 1. The Kier molecular flexibility index (Phi) is 5.18. The molecule has 0 radical (unpaired) electrons. The molecule has 148 valence electrons. The molecule has 0 aliphatic rings. The molecule has 1 atom stereocenters. The average molecular weight is 404 g/mol. The fourth-order valence-corrected chi connectivity index (χ4v) is 3.12. The van der Waals surface area contributed by atoms with E-state index in [1.807, 2.05) is 0 Å². The van der Waals surface area contributed by atoms with E-state index in [0.29, 0.717) is 27.6 Å². The molecule has 0 aromatic carbocycles. The van der Waals surface area contributed by atoms with Crippen molar-refractivity contribution in [3.05, 3.63) is 39.4 Å². The second kappa shape index (κ2) is 7.43. The van der Waals surface area contributed by atoms with Crippen molar-refractivity contribution in [2.75, 3.05) is 5.32 Å². The number of H-pyrrole nitrogens is 2. The van der Waals surface area contributed by atoms with Crippen molar-refractivity contribution in [1.82, 2.24) is 25.3 Å². The molecule has 28 heavy (non-hydrogen) atoms. The maximum absolute atomic E-state index is 12.5. The molecule has 11 heteroatoms. The smallest absolute Gasteiger partial charge is 0.413 e. The fourth-order valence-electron chi connectivity index (χ4n) is 2.33. The third-order valence-electron chi connectivity index (χ3n) is 3.55. The molecule has 3 heterocycles. The summed E-state index contributed by atoms with van der Waals surface area (Å²) in [5.41, 5.74) is 0.728. The van der Waals surface area contributed by atoms with Gasteiger partial charge in [-0.3, -0.25) is 15.1 Å². The Morgan fingerprint density at radius 2 is 2.04 bits per heavy atom. The van der Waals surface area contributed by atoms with E-state index in [9.17, 15) is 14.4 Å². The third kappa shape index (κ3) is 4.74. The van der Waals surface area contributed by atoms with Crippen LogP contribution in [0.4, 0.5) is 9.93 Å². The van der Waals surface area contributed by atoms with Gasteiger partial charge in [0.15, 0.2) is 10.8 Å². The number of carbonyl (C=O) groups excluding carboxylic acids is 2. The molecule has 3 rings (SSSR count). The van der Waals surface area contributed by atoms with Gasteiger partial charge >= 0.3 is 11.8 Å². The molecular formula is C17H20N6O4S. The minimum absolute atomic E-state index is 0.303. The van der Waals surface area contributed by atoms with Crippen LogP contribution in [0.2, 0.25) is 0 Å². The van der Waals surface area contributed by atoms with Crippen molar-refractivity contribution in [1.29, 1.82) is 0 Å². The van der Waals surface area contributed by atoms with Crippen LogP contribution in [0.15, 0.2) is 22.4 Å². The largest absolute Gasteiger partial charge is 0.444 e. The first-order valence-electron chi connectivity index (χ1n) is 8.45. The maximum Gasteiger partial charge on any atom is 0.413 e. The maximum atomic E-state index is 12.5. The van der Waals surface area contributed by atoms with Crippen LogP contribution < -0.4 is 16.3 Å². The minimum Gasteiger partial charge on any atom is -0.444 e. The van der Waals surface area contributed by atoms with Crippen LogP contribution in [-0.4, -0.2) is 37.5 Å². The molecule has 0 bridgehead atoms. The molecule has 3 aromatic rings. The summed E-state index contributed by atoms with van der Waals surface area (Å²) in [6.07, 6.45) is 0.787. The Morgan fingerprint density at radius 3 is 2.75 bits per heavy atom. The summed E-state index contributed by atoms with van der Waals surface area (Å²) in [5, 5.41) is 7.49. The Morgan fingerprint density at radius 1 is 1.29 bits per heavy atom. The summed E-state index contributed by atoms with van der Waals surface area (Å²) in [4.78, 5) is 49.0. The van der Waals surface area contributed by atoms with Gasteiger partial charge in [-0.05, 0) is 33.8 Å². The van der Waals surface area contributed by atoms with Gasteiger partial charge in [-0.1, -0.05) is 0 Å². The number of carbonyl (C=O) groups is 2. The van der Waals surface area contributed by atoms with Crippen molar-refractivity contribution in [2.45, 2.75) is 39.3 Å². The summed E-state index contributed by atoms with van der Waals surface area (Å²) >= 11 is 1.23. The zero-order valence-corrected chi connectivity index (χ0v) is 16.6. The van der Waals surface area contributed by atoms with Gasteiger partial charge in [-0.15, -0.1) is 11.3 Å². The first-order chi connectivity index (χ1) is 13.1. The Bertz CT molecular complexity index is 1080. The molecule has 3 aromatic heterocycles. The number of hydrogen-bond donors (Lipinski definition) is 4. The topological polar surface area (TPSA) is 142 Å². The van der Waals surface area contributed by atoms with Gasteiger partial charge in [0, 0.05) is 11.6 Å². The number of pyridine rings is 1. The number of aromatic amines is 2. The first kappa shape index (κ1) is 19.5. The van der Waals surface area contributed by atoms with E-state index in [0.717, 1.165) is 0 Å². The highest BCUT2D eigenvalue weighted by atomic mass is 32.1. The molecule has 0 saturated heterocycles. The molecule has 1 unspecified atom stereocenters. The van der Waals surface area contributed by atoms with Gasteiger partial charge in [0.25, 0.3) is 5.91 Å². The van der Waals surface area contributed by atoms with Crippen molar-refractivity contribution in [2.24, 2.45) is 0 Å². The summed E-state index contributed by atoms with van der Waals surface area (Å²) in [6, 6.07) is 1.14. The summed E-state index contributed by atoms with van der Waals surface area (Å²) in [7, 11) is 0. The lowest BCUT2D eigenvalue weighted by Gasteiger charge is -2.18. The number of hydrogen-bond acceptors (Lipinski definition) is 7. The van der Waals surface area contributed by atoms with E-state index in [-0.39, 0.29) is 11.6 Å². The number of nitrogens with zero attached hydrogens (tertiary/aromatic N) is 2. The second-order valence-electron chi connectivity index (χ2n) is 7.10. The SMILES string of the molecule is CC(NC(=O)c1cnc2[nH]c(=O)[nH]c2c1)c1csc(NC(=O)OC(C)(C)C)n1. The van der Waals surface area contributed by atoms with Crippen LogP contribution in [0.3, 0.4) is 0 Å². The lowest BCUT2D eigenvalue weighted by molar-refractivity contribution is 0.0635. The molecule has 2 amide bonds. The highest BCUT2D eigenvalue weighted by Crippen LogP contribution is 2.22. The zero-order valence-electron chi connectivity index (χ0n) is 15.7. The predicted molar refractivity (Wildman–Crippen MR) is 105 cm³/mol.